The third kappa shape index (κ3) is 3.54. The average Bonchev–Trinajstić information content (AvgIpc) is 2.50. The lowest BCUT2D eigenvalue weighted by molar-refractivity contribution is 0.0951. The molecule has 0 heterocycles. The Morgan fingerprint density at radius 3 is 2.71 bits per heavy atom. The second-order valence-electron chi connectivity index (χ2n) is 4.79. The fraction of sp³-hybridized carbons (Fsp3) is 0.235. The maximum Gasteiger partial charge on any atom is 0.255 e. The molecule has 0 aromatic heterocycles. The molecule has 4 heteroatoms. The van der Waals surface area contributed by atoms with Crippen molar-refractivity contribution in [1.82, 2.24) is 5.32 Å². The van der Waals surface area contributed by atoms with Gasteiger partial charge in [-0.2, -0.15) is 0 Å². The number of carbonyl (C=O) groups is 1. The van der Waals surface area contributed by atoms with Crippen LogP contribution >= 0.6 is 0 Å². The zero-order valence-corrected chi connectivity index (χ0v) is 12.2. The van der Waals surface area contributed by atoms with Gasteiger partial charge in [-0.25, -0.2) is 0 Å². The highest BCUT2D eigenvalue weighted by atomic mass is 16.5. The molecule has 2 rings (SSSR count). The number of rotatable bonds is 5. The largest absolute Gasteiger partial charge is 0.507 e. The highest BCUT2D eigenvalue weighted by Crippen LogP contribution is 2.21. The first-order valence-electron chi connectivity index (χ1n) is 6.82. The Bertz CT molecular complexity index is 638. The first-order valence-corrected chi connectivity index (χ1v) is 6.82. The van der Waals surface area contributed by atoms with Crippen molar-refractivity contribution in [3.05, 3.63) is 59.2 Å². The van der Waals surface area contributed by atoms with Gasteiger partial charge < -0.3 is 15.2 Å². The van der Waals surface area contributed by atoms with Crippen LogP contribution in [0.1, 0.15) is 21.5 Å². The molecular formula is C17H19NO3. The molecule has 0 aliphatic rings. The third-order valence-corrected chi connectivity index (χ3v) is 3.35. The molecule has 0 bridgehead atoms. The van der Waals surface area contributed by atoms with E-state index in [1.54, 1.807) is 32.2 Å². The maximum atomic E-state index is 12.1. The number of aromatic hydroxyl groups is 1. The van der Waals surface area contributed by atoms with E-state index >= 15 is 0 Å². The summed E-state index contributed by atoms with van der Waals surface area (Å²) in [6.45, 7) is 2.24. The van der Waals surface area contributed by atoms with Crippen LogP contribution in [-0.4, -0.2) is 24.7 Å². The van der Waals surface area contributed by atoms with Gasteiger partial charge in [-0.1, -0.05) is 30.3 Å². The number of phenolic OH excluding ortho intramolecular Hbond substituents is 1. The molecule has 0 spiro atoms. The van der Waals surface area contributed by atoms with Crippen LogP contribution in [0.5, 0.6) is 11.5 Å². The number of aryl methyl sites for hydroxylation is 1. The number of hydrogen-bond acceptors (Lipinski definition) is 3. The number of ether oxygens (including phenoxy) is 1. The van der Waals surface area contributed by atoms with Gasteiger partial charge in [-0.3, -0.25) is 4.79 Å². The molecule has 2 aromatic rings. The Balaban J connectivity index is 1.97. The number of amides is 1. The summed E-state index contributed by atoms with van der Waals surface area (Å²) in [5.41, 5.74) is 2.02. The molecule has 21 heavy (non-hydrogen) atoms. The van der Waals surface area contributed by atoms with Crippen LogP contribution in [0.15, 0.2) is 42.5 Å². The summed E-state index contributed by atoms with van der Waals surface area (Å²) in [5.74, 6) is 0.573. The minimum atomic E-state index is -0.272. The van der Waals surface area contributed by atoms with Crippen LogP contribution in [-0.2, 0) is 6.42 Å². The summed E-state index contributed by atoms with van der Waals surface area (Å²) in [6, 6.07) is 12.8. The maximum absolute atomic E-state index is 12.1. The second-order valence-corrected chi connectivity index (χ2v) is 4.79. The van der Waals surface area contributed by atoms with Crippen molar-refractivity contribution in [2.24, 2.45) is 0 Å². The van der Waals surface area contributed by atoms with Crippen molar-refractivity contribution in [3.63, 3.8) is 0 Å². The van der Waals surface area contributed by atoms with Gasteiger partial charge in [-0.05, 0) is 36.6 Å². The smallest absolute Gasteiger partial charge is 0.255 e. The Labute approximate surface area is 124 Å². The van der Waals surface area contributed by atoms with E-state index in [-0.39, 0.29) is 11.7 Å². The van der Waals surface area contributed by atoms with Crippen LogP contribution < -0.4 is 10.1 Å². The van der Waals surface area contributed by atoms with Gasteiger partial charge in [0.15, 0.2) is 0 Å². The molecule has 0 aliphatic carbocycles. The molecule has 0 unspecified atom stereocenters. The van der Waals surface area contributed by atoms with Gasteiger partial charge in [0.25, 0.3) is 5.91 Å². The second kappa shape index (κ2) is 6.79. The Morgan fingerprint density at radius 2 is 1.95 bits per heavy atom. The fourth-order valence-corrected chi connectivity index (χ4v) is 2.16. The summed E-state index contributed by atoms with van der Waals surface area (Å²) < 4.78 is 5.27. The van der Waals surface area contributed by atoms with E-state index in [0.29, 0.717) is 24.1 Å². The number of benzene rings is 2. The number of para-hydroxylation sites is 2. The minimum Gasteiger partial charge on any atom is -0.507 e. The predicted octanol–water partition coefficient (Wildman–Crippen LogP) is 2.68. The molecule has 0 radical (unpaired) electrons. The summed E-state index contributed by atoms with van der Waals surface area (Å²) >= 11 is 0. The van der Waals surface area contributed by atoms with E-state index in [4.69, 9.17) is 4.74 Å². The van der Waals surface area contributed by atoms with E-state index in [1.165, 1.54) is 0 Å². The van der Waals surface area contributed by atoms with Gasteiger partial charge in [0.05, 0.1) is 12.7 Å². The van der Waals surface area contributed by atoms with Crippen molar-refractivity contribution in [1.29, 1.82) is 0 Å². The summed E-state index contributed by atoms with van der Waals surface area (Å²) in [6.07, 6.45) is 0.669. The predicted molar refractivity (Wildman–Crippen MR) is 81.9 cm³/mol. The number of carbonyl (C=O) groups excluding carboxylic acids is 1. The standard InChI is InChI=1S/C17H19NO3/c1-12-6-5-8-14(16(12)19)17(20)18-11-10-13-7-3-4-9-15(13)21-2/h3-9,19H,10-11H2,1-2H3,(H,18,20). The monoisotopic (exact) mass is 285 g/mol. The van der Waals surface area contributed by atoms with Crippen LogP contribution in [0.25, 0.3) is 0 Å². The summed E-state index contributed by atoms with van der Waals surface area (Å²) in [4.78, 5) is 12.1. The number of methoxy groups -OCH3 is 1. The summed E-state index contributed by atoms with van der Waals surface area (Å²) in [7, 11) is 1.63. The number of hydrogen-bond donors (Lipinski definition) is 2. The molecule has 110 valence electrons. The van der Waals surface area contributed by atoms with E-state index in [2.05, 4.69) is 5.32 Å². The molecule has 2 aromatic carbocycles. The van der Waals surface area contributed by atoms with E-state index in [9.17, 15) is 9.90 Å². The van der Waals surface area contributed by atoms with Crippen molar-refractivity contribution < 1.29 is 14.6 Å². The molecule has 4 nitrogen and oxygen atoms in total. The third-order valence-electron chi connectivity index (χ3n) is 3.35. The molecule has 0 saturated carbocycles. The molecule has 1 amide bonds. The Kier molecular flexibility index (Phi) is 4.82. The quantitative estimate of drug-likeness (QED) is 0.888. The minimum absolute atomic E-state index is 0.0345. The SMILES string of the molecule is COc1ccccc1CCNC(=O)c1cccc(C)c1O. The fourth-order valence-electron chi connectivity index (χ4n) is 2.16. The zero-order chi connectivity index (χ0) is 15.2. The molecule has 0 fully saturated rings. The summed E-state index contributed by atoms with van der Waals surface area (Å²) in [5, 5.41) is 12.7. The molecule has 0 aliphatic heterocycles. The number of phenols is 1. The van der Waals surface area contributed by atoms with Gasteiger partial charge >= 0.3 is 0 Å². The van der Waals surface area contributed by atoms with Crippen LogP contribution in [0.4, 0.5) is 0 Å². The van der Waals surface area contributed by atoms with E-state index in [0.717, 1.165) is 11.3 Å². The van der Waals surface area contributed by atoms with E-state index < -0.39 is 0 Å². The lowest BCUT2D eigenvalue weighted by Crippen LogP contribution is -2.26. The van der Waals surface area contributed by atoms with Crippen LogP contribution in [0.2, 0.25) is 0 Å². The van der Waals surface area contributed by atoms with Gasteiger partial charge in [0, 0.05) is 6.54 Å². The Hall–Kier alpha value is -2.49. The lowest BCUT2D eigenvalue weighted by Gasteiger charge is -2.10. The van der Waals surface area contributed by atoms with Crippen molar-refractivity contribution in [2.45, 2.75) is 13.3 Å². The molecule has 0 atom stereocenters. The van der Waals surface area contributed by atoms with E-state index in [1.807, 2.05) is 24.3 Å². The van der Waals surface area contributed by atoms with Crippen molar-refractivity contribution >= 4 is 5.91 Å². The van der Waals surface area contributed by atoms with Crippen LogP contribution in [0, 0.1) is 6.92 Å². The molecule has 0 saturated heterocycles. The van der Waals surface area contributed by atoms with Gasteiger partial charge in [0.2, 0.25) is 0 Å². The van der Waals surface area contributed by atoms with Crippen LogP contribution in [0.3, 0.4) is 0 Å². The molecular weight excluding hydrogens is 266 g/mol. The van der Waals surface area contributed by atoms with Gasteiger partial charge in [-0.15, -0.1) is 0 Å². The molecule has 2 N–H and O–H groups in total. The van der Waals surface area contributed by atoms with Gasteiger partial charge in [0.1, 0.15) is 11.5 Å². The Morgan fingerprint density at radius 1 is 1.19 bits per heavy atom. The topological polar surface area (TPSA) is 58.6 Å². The average molecular weight is 285 g/mol. The number of nitrogens with one attached hydrogen (secondary N) is 1. The first kappa shape index (κ1) is 14.9. The highest BCUT2D eigenvalue weighted by molar-refractivity contribution is 5.97. The highest BCUT2D eigenvalue weighted by Gasteiger charge is 2.12. The first-order chi connectivity index (χ1) is 10.1. The van der Waals surface area contributed by atoms with Crippen molar-refractivity contribution in [2.75, 3.05) is 13.7 Å². The lowest BCUT2D eigenvalue weighted by atomic mass is 10.1. The zero-order valence-electron chi connectivity index (χ0n) is 12.2. The normalized spacial score (nSPS) is 10.2. The van der Waals surface area contributed by atoms with Crippen molar-refractivity contribution in [3.8, 4) is 11.5 Å².